The third-order valence-corrected chi connectivity index (χ3v) is 4.85. The van der Waals surface area contributed by atoms with Crippen LogP contribution in [0.1, 0.15) is 55.6 Å². The number of rotatable bonds is 5. The number of hydrogen-bond acceptors (Lipinski definition) is 4. The molecule has 1 unspecified atom stereocenters. The van der Waals surface area contributed by atoms with Gasteiger partial charge in [-0.3, -0.25) is 4.79 Å². The van der Waals surface area contributed by atoms with E-state index in [-0.39, 0.29) is 5.91 Å². The molecule has 0 saturated carbocycles. The predicted octanol–water partition coefficient (Wildman–Crippen LogP) is 4.06. The van der Waals surface area contributed by atoms with Crippen LogP contribution in [0.3, 0.4) is 0 Å². The van der Waals surface area contributed by atoms with Crippen LogP contribution in [-0.2, 0) is 6.42 Å². The third-order valence-electron chi connectivity index (χ3n) is 4.85. The summed E-state index contributed by atoms with van der Waals surface area (Å²) < 4.78 is 0. The average molecular weight is 338 g/mol. The Balaban J connectivity index is 1.74. The maximum atomic E-state index is 12.5. The lowest BCUT2D eigenvalue weighted by molar-refractivity contribution is 0.102. The van der Waals surface area contributed by atoms with Crippen molar-refractivity contribution in [2.24, 2.45) is 0 Å². The highest BCUT2D eigenvalue weighted by atomic mass is 16.1. The first-order valence-electron chi connectivity index (χ1n) is 9.21. The molecule has 1 saturated heterocycles. The molecular formula is C20H26N4O. The number of amides is 1. The van der Waals surface area contributed by atoms with Gasteiger partial charge in [-0.1, -0.05) is 26.0 Å². The van der Waals surface area contributed by atoms with Crippen molar-refractivity contribution in [2.75, 3.05) is 16.8 Å². The van der Waals surface area contributed by atoms with Crippen LogP contribution in [0.2, 0.25) is 0 Å². The van der Waals surface area contributed by atoms with Crippen molar-refractivity contribution < 1.29 is 4.79 Å². The Morgan fingerprint density at radius 1 is 1.20 bits per heavy atom. The van der Waals surface area contributed by atoms with Gasteiger partial charge in [-0.15, -0.1) is 0 Å². The monoisotopic (exact) mass is 338 g/mol. The molecule has 2 heterocycles. The molecule has 1 aromatic carbocycles. The van der Waals surface area contributed by atoms with Gasteiger partial charge in [0.1, 0.15) is 5.69 Å². The van der Waals surface area contributed by atoms with Crippen LogP contribution in [-0.4, -0.2) is 28.5 Å². The molecule has 1 aliphatic rings. The number of anilines is 2. The second-order valence-electron chi connectivity index (χ2n) is 6.50. The molecule has 1 aromatic heterocycles. The number of aryl methyl sites for hydroxylation is 1. The molecule has 0 radical (unpaired) electrons. The summed E-state index contributed by atoms with van der Waals surface area (Å²) in [5.74, 6) is 0.471. The first-order chi connectivity index (χ1) is 12.2. The van der Waals surface area contributed by atoms with Crippen LogP contribution < -0.4 is 10.2 Å². The van der Waals surface area contributed by atoms with Gasteiger partial charge in [0, 0.05) is 24.5 Å². The SMILES string of the molecule is CCc1ccc(NC(=O)c2ccnc(N3CCCCC3CC)n2)cc1. The Kier molecular flexibility index (Phi) is 5.64. The van der Waals surface area contributed by atoms with E-state index in [0.717, 1.165) is 31.5 Å². The number of hydrogen-bond donors (Lipinski definition) is 1. The Morgan fingerprint density at radius 3 is 2.72 bits per heavy atom. The van der Waals surface area contributed by atoms with Crippen LogP contribution in [0.5, 0.6) is 0 Å². The summed E-state index contributed by atoms with van der Waals surface area (Å²) in [6, 6.07) is 10.0. The minimum Gasteiger partial charge on any atom is -0.338 e. The minimum atomic E-state index is -0.196. The van der Waals surface area contributed by atoms with Crippen LogP contribution in [0.15, 0.2) is 36.5 Å². The molecule has 1 atom stereocenters. The summed E-state index contributed by atoms with van der Waals surface area (Å²) in [6.45, 7) is 5.27. The topological polar surface area (TPSA) is 58.1 Å². The van der Waals surface area contributed by atoms with E-state index in [9.17, 15) is 4.79 Å². The minimum absolute atomic E-state index is 0.196. The van der Waals surface area contributed by atoms with Crippen molar-refractivity contribution in [3.8, 4) is 0 Å². The molecule has 2 aromatic rings. The highest BCUT2D eigenvalue weighted by Crippen LogP contribution is 2.23. The second kappa shape index (κ2) is 8.10. The Bertz CT molecular complexity index is 714. The van der Waals surface area contributed by atoms with Gasteiger partial charge in [0.05, 0.1) is 0 Å². The molecule has 0 aliphatic carbocycles. The van der Waals surface area contributed by atoms with E-state index in [1.165, 1.54) is 18.4 Å². The van der Waals surface area contributed by atoms with E-state index in [4.69, 9.17) is 0 Å². The summed E-state index contributed by atoms with van der Waals surface area (Å²) in [7, 11) is 0. The van der Waals surface area contributed by atoms with Crippen LogP contribution in [0.25, 0.3) is 0 Å². The van der Waals surface area contributed by atoms with Crippen molar-refractivity contribution in [3.63, 3.8) is 0 Å². The largest absolute Gasteiger partial charge is 0.338 e. The summed E-state index contributed by atoms with van der Waals surface area (Å²) in [4.78, 5) is 23.7. The smallest absolute Gasteiger partial charge is 0.274 e. The summed E-state index contributed by atoms with van der Waals surface area (Å²) in [5.41, 5.74) is 2.44. The van der Waals surface area contributed by atoms with E-state index in [0.29, 0.717) is 17.7 Å². The molecule has 25 heavy (non-hydrogen) atoms. The Morgan fingerprint density at radius 2 is 2.00 bits per heavy atom. The maximum Gasteiger partial charge on any atom is 0.274 e. The molecule has 1 amide bonds. The van der Waals surface area contributed by atoms with Crippen molar-refractivity contribution in [1.29, 1.82) is 0 Å². The third kappa shape index (κ3) is 4.16. The molecule has 1 fully saturated rings. The van der Waals surface area contributed by atoms with Gasteiger partial charge >= 0.3 is 0 Å². The summed E-state index contributed by atoms with van der Waals surface area (Å²) in [5, 5.41) is 2.92. The Labute approximate surface area is 149 Å². The highest BCUT2D eigenvalue weighted by Gasteiger charge is 2.23. The zero-order chi connectivity index (χ0) is 17.6. The molecule has 1 N–H and O–H groups in total. The first-order valence-corrected chi connectivity index (χ1v) is 9.21. The number of carbonyl (C=O) groups is 1. The fourth-order valence-corrected chi connectivity index (χ4v) is 3.32. The van der Waals surface area contributed by atoms with Gasteiger partial charge in [-0.25, -0.2) is 9.97 Å². The quantitative estimate of drug-likeness (QED) is 0.893. The van der Waals surface area contributed by atoms with E-state index < -0.39 is 0 Å². The number of carbonyl (C=O) groups excluding carboxylic acids is 1. The molecule has 0 spiro atoms. The van der Waals surface area contributed by atoms with Crippen molar-refractivity contribution >= 4 is 17.5 Å². The average Bonchev–Trinajstić information content (AvgIpc) is 2.68. The molecule has 0 bridgehead atoms. The first kappa shape index (κ1) is 17.4. The van der Waals surface area contributed by atoms with Gasteiger partial charge in [-0.2, -0.15) is 0 Å². The lowest BCUT2D eigenvalue weighted by Gasteiger charge is -2.35. The molecule has 132 valence electrons. The zero-order valence-corrected chi connectivity index (χ0v) is 15.0. The number of nitrogens with one attached hydrogen (secondary N) is 1. The normalized spacial score (nSPS) is 17.4. The summed E-state index contributed by atoms with van der Waals surface area (Å²) in [6.07, 6.45) is 7.31. The fourth-order valence-electron chi connectivity index (χ4n) is 3.32. The summed E-state index contributed by atoms with van der Waals surface area (Å²) >= 11 is 0. The lowest BCUT2D eigenvalue weighted by Crippen LogP contribution is -2.40. The standard InChI is InChI=1S/C20H26N4O/c1-3-15-8-10-16(11-9-15)22-19(25)18-12-13-21-20(23-18)24-14-6-5-7-17(24)4-2/h8-13,17H,3-7,14H2,1-2H3,(H,22,25). The lowest BCUT2D eigenvalue weighted by atomic mass is 10.0. The van der Waals surface area contributed by atoms with E-state index in [2.05, 4.69) is 34.0 Å². The van der Waals surface area contributed by atoms with Gasteiger partial charge in [0.2, 0.25) is 5.95 Å². The van der Waals surface area contributed by atoms with Gasteiger partial charge < -0.3 is 10.2 Å². The Hall–Kier alpha value is -2.43. The zero-order valence-electron chi connectivity index (χ0n) is 15.0. The van der Waals surface area contributed by atoms with E-state index in [1.807, 2.05) is 24.3 Å². The van der Waals surface area contributed by atoms with Crippen molar-refractivity contribution in [1.82, 2.24) is 9.97 Å². The molecule has 5 nitrogen and oxygen atoms in total. The molecule has 5 heteroatoms. The van der Waals surface area contributed by atoms with Gasteiger partial charge in [-0.05, 0) is 55.9 Å². The number of nitrogens with zero attached hydrogens (tertiary/aromatic N) is 3. The number of aromatic nitrogens is 2. The van der Waals surface area contributed by atoms with Crippen LogP contribution >= 0.6 is 0 Å². The number of piperidine rings is 1. The highest BCUT2D eigenvalue weighted by molar-refractivity contribution is 6.02. The second-order valence-corrected chi connectivity index (χ2v) is 6.50. The fraction of sp³-hybridized carbons (Fsp3) is 0.450. The van der Waals surface area contributed by atoms with E-state index >= 15 is 0 Å². The van der Waals surface area contributed by atoms with Crippen molar-refractivity contribution in [2.45, 2.75) is 52.0 Å². The van der Waals surface area contributed by atoms with Crippen LogP contribution in [0, 0.1) is 0 Å². The molecular weight excluding hydrogens is 312 g/mol. The van der Waals surface area contributed by atoms with Gasteiger partial charge in [0.15, 0.2) is 0 Å². The molecule has 3 rings (SSSR count). The maximum absolute atomic E-state index is 12.5. The predicted molar refractivity (Wildman–Crippen MR) is 101 cm³/mol. The van der Waals surface area contributed by atoms with E-state index in [1.54, 1.807) is 12.3 Å². The number of benzene rings is 1. The van der Waals surface area contributed by atoms with Crippen molar-refractivity contribution in [3.05, 3.63) is 47.8 Å². The van der Waals surface area contributed by atoms with Crippen LogP contribution in [0.4, 0.5) is 11.6 Å². The molecule has 1 aliphatic heterocycles. The van der Waals surface area contributed by atoms with Gasteiger partial charge in [0.25, 0.3) is 5.91 Å².